The molecule has 23 heavy (non-hydrogen) atoms. The highest BCUT2D eigenvalue weighted by Crippen LogP contribution is 2.14. The Labute approximate surface area is 144 Å². The number of benzene rings is 1. The molecule has 130 valence electrons. The van der Waals surface area contributed by atoms with Crippen LogP contribution in [0.2, 0.25) is 0 Å². The van der Waals surface area contributed by atoms with Crippen LogP contribution in [-0.2, 0) is 4.79 Å². The second kappa shape index (κ2) is 9.85. The average Bonchev–Trinajstić information content (AvgIpc) is 2.50. The fourth-order valence-electron chi connectivity index (χ4n) is 2.79. The molecule has 1 aliphatic rings. The second-order valence-corrected chi connectivity index (χ2v) is 6.29. The molecule has 1 fully saturated rings. The van der Waals surface area contributed by atoms with E-state index in [0.717, 1.165) is 19.6 Å². The number of nitrogens with zero attached hydrogens (tertiary/aromatic N) is 1. The third kappa shape index (κ3) is 6.85. The van der Waals surface area contributed by atoms with Gasteiger partial charge >= 0.3 is 0 Å². The fraction of sp³-hybridized carbons (Fsp3) is 0.588. The van der Waals surface area contributed by atoms with Crippen molar-refractivity contribution < 1.29 is 9.18 Å². The van der Waals surface area contributed by atoms with E-state index in [-0.39, 0.29) is 24.1 Å². The highest BCUT2D eigenvalue weighted by Gasteiger charge is 2.20. The molecule has 4 nitrogen and oxygen atoms in total. The van der Waals surface area contributed by atoms with Gasteiger partial charge in [0, 0.05) is 18.3 Å². The molecule has 0 saturated carbocycles. The Morgan fingerprint density at radius 1 is 1.39 bits per heavy atom. The van der Waals surface area contributed by atoms with E-state index in [9.17, 15) is 9.18 Å². The van der Waals surface area contributed by atoms with Gasteiger partial charge in [0.05, 0.1) is 6.54 Å². The largest absolute Gasteiger partial charge is 0.325 e. The number of hydrogen-bond donors (Lipinski definition) is 2. The van der Waals surface area contributed by atoms with Gasteiger partial charge in [-0.2, -0.15) is 0 Å². The summed E-state index contributed by atoms with van der Waals surface area (Å²) < 4.78 is 12.9. The van der Waals surface area contributed by atoms with Crippen LogP contribution in [0.5, 0.6) is 0 Å². The minimum absolute atomic E-state index is 0. The van der Waals surface area contributed by atoms with Gasteiger partial charge in [-0.3, -0.25) is 9.69 Å². The first-order valence-corrected chi connectivity index (χ1v) is 8.05. The van der Waals surface area contributed by atoms with Crippen LogP contribution >= 0.6 is 12.4 Å². The molecule has 1 heterocycles. The van der Waals surface area contributed by atoms with Crippen molar-refractivity contribution in [3.8, 4) is 0 Å². The van der Waals surface area contributed by atoms with Crippen molar-refractivity contribution in [1.82, 2.24) is 10.2 Å². The first-order chi connectivity index (χ1) is 10.5. The maximum atomic E-state index is 12.9. The van der Waals surface area contributed by atoms with E-state index >= 15 is 0 Å². The van der Waals surface area contributed by atoms with Crippen LogP contribution in [0.15, 0.2) is 24.3 Å². The highest BCUT2D eigenvalue weighted by atomic mass is 35.5. The first-order valence-electron chi connectivity index (χ1n) is 8.05. The van der Waals surface area contributed by atoms with E-state index < -0.39 is 0 Å². The number of nitrogens with one attached hydrogen (secondary N) is 2. The number of piperidine rings is 1. The molecule has 1 unspecified atom stereocenters. The van der Waals surface area contributed by atoms with Gasteiger partial charge in [-0.25, -0.2) is 4.39 Å². The van der Waals surface area contributed by atoms with Gasteiger partial charge in [0.2, 0.25) is 5.91 Å². The Kier molecular flexibility index (Phi) is 8.52. The van der Waals surface area contributed by atoms with Crippen molar-refractivity contribution >= 4 is 24.0 Å². The molecule has 1 aromatic carbocycles. The number of carbonyl (C=O) groups excluding carboxylic acids is 1. The number of carbonyl (C=O) groups is 1. The van der Waals surface area contributed by atoms with E-state index in [1.807, 2.05) is 0 Å². The lowest BCUT2D eigenvalue weighted by Gasteiger charge is -2.32. The Morgan fingerprint density at radius 3 is 2.65 bits per heavy atom. The van der Waals surface area contributed by atoms with Gasteiger partial charge in [0.25, 0.3) is 0 Å². The molecular weight excluding hydrogens is 317 g/mol. The zero-order chi connectivity index (χ0) is 15.9. The molecule has 1 aromatic rings. The number of amides is 1. The van der Waals surface area contributed by atoms with E-state index in [2.05, 4.69) is 29.4 Å². The summed E-state index contributed by atoms with van der Waals surface area (Å²) >= 11 is 0. The smallest absolute Gasteiger partial charge is 0.238 e. The van der Waals surface area contributed by atoms with E-state index in [4.69, 9.17) is 0 Å². The van der Waals surface area contributed by atoms with Gasteiger partial charge in [0.1, 0.15) is 5.82 Å². The van der Waals surface area contributed by atoms with Crippen molar-refractivity contribution in [2.24, 2.45) is 5.92 Å². The number of halogens is 2. The normalized spacial score (nSPS) is 17.9. The van der Waals surface area contributed by atoms with Gasteiger partial charge in [-0.15, -0.1) is 12.4 Å². The molecule has 0 aromatic heterocycles. The van der Waals surface area contributed by atoms with Crippen LogP contribution < -0.4 is 10.6 Å². The molecule has 2 rings (SSSR count). The highest BCUT2D eigenvalue weighted by molar-refractivity contribution is 5.92. The SMILES string of the molecule is CC(C)N(CC(=O)Nc1ccc(F)cc1)CC1CCCNC1.Cl. The van der Waals surface area contributed by atoms with Crippen LogP contribution in [-0.4, -0.2) is 43.0 Å². The van der Waals surface area contributed by atoms with E-state index in [0.29, 0.717) is 24.2 Å². The van der Waals surface area contributed by atoms with E-state index in [1.165, 1.54) is 25.0 Å². The fourth-order valence-corrected chi connectivity index (χ4v) is 2.79. The van der Waals surface area contributed by atoms with Crippen molar-refractivity contribution in [2.75, 3.05) is 31.5 Å². The maximum Gasteiger partial charge on any atom is 0.238 e. The average molecular weight is 344 g/mol. The topological polar surface area (TPSA) is 44.4 Å². The summed E-state index contributed by atoms with van der Waals surface area (Å²) in [5, 5.41) is 6.24. The molecule has 0 radical (unpaired) electrons. The number of anilines is 1. The predicted octanol–water partition coefficient (Wildman–Crippen LogP) is 2.90. The second-order valence-electron chi connectivity index (χ2n) is 6.29. The lowest BCUT2D eigenvalue weighted by Crippen LogP contribution is -2.44. The third-order valence-corrected chi connectivity index (χ3v) is 4.10. The minimum atomic E-state index is -0.299. The molecule has 6 heteroatoms. The molecule has 0 aliphatic carbocycles. The molecule has 2 N–H and O–H groups in total. The standard InChI is InChI=1S/C17H26FN3O.ClH/c1-13(2)21(11-14-4-3-9-19-10-14)12-17(22)20-16-7-5-15(18)6-8-16;/h5-8,13-14,19H,3-4,9-12H2,1-2H3,(H,20,22);1H. The maximum absolute atomic E-state index is 12.9. The monoisotopic (exact) mass is 343 g/mol. The molecule has 1 saturated heterocycles. The Balaban J connectivity index is 0.00000264. The summed E-state index contributed by atoms with van der Waals surface area (Å²) in [4.78, 5) is 14.4. The molecule has 1 amide bonds. The summed E-state index contributed by atoms with van der Waals surface area (Å²) in [6.45, 7) is 7.65. The van der Waals surface area contributed by atoms with Gasteiger partial charge in [0.15, 0.2) is 0 Å². The van der Waals surface area contributed by atoms with Gasteiger partial charge < -0.3 is 10.6 Å². The predicted molar refractivity (Wildman–Crippen MR) is 94.6 cm³/mol. The third-order valence-electron chi connectivity index (χ3n) is 4.10. The lowest BCUT2D eigenvalue weighted by molar-refractivity contribution is -0.117. The zero-order valence-electron chi connectivity index (χ0n) is 13.8. The summed E-state index contributed by atoms with van der Waals surface area (Å²) in [6.07, 6.45) is 2.42. The van der Waals surface area contributed by atoms with Gasteiger partial charge in [-0.05, 0) is 70.0 Å². The lowest BCUT2D eigenvalue weighted by atomic mass is 9.98. The number of hydrogen-bond acceptors (Lipinski definition) is 3. The number of rotatable bonds is 6. The summed E-state index contributed by atoms with van der Waals surface area (Å²) in [5.74, 6) is 0.255. The summed E-state index contributed by atoms with van der Waals surface area (Å²) in [7, 11) is 0. The van der Waals surface area contributed by atoms with Crippen molar-refractivity contribution in [2.45, 2.75) is 32.7 Å². The molecule has 0 spiro atoms. The molecule has 1 aliphatic heterocycles. The Morgan fingerprint density at radius 2 is 2.09 bits per heavy atom. The van der Waals surface area contributed by atoms with Crippen LogP contribution in [0, 0.1) is 11.7 Å². The van der Waals surface area contributed by atoms with Crippen molar-refractivity contribution in [3.63, 3.8) is 0 Å². The van der Waals surface area contributed by atoms with Crippen LogP contribution in [0.1, 0.15) is 26.7 Å². The quantitative estimate of drug-likeness (QED) is 0.834. The molecule has 1 atom stereocenters. The zero-order valence-corrected chi connectivity index (χ0v) is 14.7. The Hall–Kier alpha value is -1.17. The molecular formula is C17H27ClFN3O. The summed E-state index contributed by atoms with van der Waals surface area (Å²) in [6, 6.07) is 6.18. The van der Waals surface area contributed by atoms with Crippen molar-refractivity contribution in [3.05, 3.63) is 30.1 Å². The summed E-state index contributed by atoms with van der Waals surface area (Å²) in [5.41, 5.74) is 0.634. The molecule has 0 bridgehead atoms. The van der Waals surface area contributed by atoms with Crippen LogP contribution in [0.4, 0.5) is 10.1 Å². The first kappa shape index (κ1) is 19.9. The van der Waals surface area contributed by atoms with Crippen LogP contribution in [0.3, 0.4) is 0 Å². The minimum Gasteiger partial charge on any atom is -0.325 e. The Bertz CT molecular complexity index is 475. The van der Waals surface area contributed by atoms with E-state index in [1.54, 1.807) is 12.1 Å². The van der Waals surface area contributed by atoms with Crippen molar-refractivity contribution in [1.29, 1.82) is 0 Å². The van der Waals surface area contributed by atoms with Gasteiger partial charge in [-0.1, -0.05) is 0 Å². The van der Waals surface area contributed by atoms with Crippen LogP contribution in [0.25, 0.3) is 0 Å².